The van der Waals surface area contributed by atoms with Gasteiger partial charge in [0.1, 0.15) is 18.2 Å². The first-order chi connectivity index (χ1) is 17.3. The zero-order valence-corrected chi connectivity index (χ0v) is 20.8. The van der Waals surface area contributed by atoms with Gasteiger partial charge in [-0.1, -0.05) is 23.7 Å². The number of phenols is 1. The van der Waals surface area contributed by atoms with Gasteiger partial charge in [0.2, 0.25) is 0 Å². The van der Waals surface area contributed by atoms with Gasteiger partial charge in [0, 0.05) is 48.5 Å². The van der Waals surface area contributed by atoms with E-state index in [1.54, 1.807) is 24.4 Å². The molecule has 1 aliphatic rings. The largest absolute Gasteiger partial charge is 0.508 e. The van der Waals surface area contributed by atoms with Gasteiger partial charge in [-0.3, -0.25) is 9.36 Å². The molecule has 2 aromatic heterocycles. The molecule has 1 saturated heterocycles. The van der Waals surface area contributed by atoms with Gasteiger partial charge in [0.15, 0.2) is 5.65 Å². The van der Waals surface area contributed by atoms with E-state index in [1.807, 2.05) is 32.2 Å². The Morgan fingerprint density at radius 3 is 2.81 bits per heavy atom. The fourth-order valence-corrected chi connectivity index (χ4v) is 5.19. The number of likely N-dealkylation sites (N-methyl/N-ethyl adjacent to an activating group) is 1. The highest BCUT2D eigenvalue weighted by atomic mass is 35.5. The lowest BCUT2D eigenvalue weighted by Gasteiger charge is -2.23. The zero-order chi connectivity index (χ0) is 25.4. The van der Waals surface area contributed by atoms with Crippen molar-refractivity contribution in [1.82, 2.24) is 24.8 Å². The molecule has 186 valence electrons. The van der Waals surface area contributed by atoms with Crippen molar-refractivity contribution in [2.45, 2.75) is 32.1 Å². The van der Waals surface area contributed by atoms with Crippen LogP contribution in [0.15, 0.2) is 59.8 Å². The first-order valence-corrected chi connectivity index (χ1v) is 12.2. The Morgan fingerprint density at radius 1 is 1.25 bits per heavy atom. The Hall–Kier alpha value is -3.33. The molecule has 5 rings (SSSR count). The molecule has 1 aliphatic heterocycles. The average Bonchev–Trinajstić information content (AvgIpc) is 3.22. The number of phenolic OH excluding ortho intramolecular Hbond substituents is 1. The standard InChI is InChI=1S/C27H27ClFN5O2/c1-16-6-17(8-18(28)7-16)23-12-31-26-25(24(23)14-33(2)13-20-9-19(29)11-30-20)27(36)34(15-32-26)21-4-3-5-22(35)10-21/h3-8,10,12,15,19-20,30,35H,9,11,13-14H2,1-2H3/t19?,20-/m0/s1. The van der Waals surface area contributed by atoms with Crippen LogP contribution in [0.1, 0.15) is 17.5 Å². The van der Waals surface area contributed by atoms with Crippen molar-refractivity contribution in [1.29, 1.82) is 0 Å². The summed E-state index contributed by atoms with van der Waals surface area (Å²) in [4.78, 5) is 24.9. The number of aromatic nitrogens is 3. The summed E-state index contributed by atoms with van der Waals surface area (Å²) in [5, 5.41) is 14.2. The van der Waals surface area contributed by atoms with Crippen LogP contribution in [0.4, 0.5) is 4.39 Å². The number of pyridine rings is 1. The normalized spacial score (nSPS) is 17.8. The third-order valence-electron chi connectivity index (χ3n) is 6.48. The summed E-state index contributed by atoms with van der Waals surface area (Å²) in [5.41, 5.74) is 3.95. The molecule has 1 unspecified atom stereocenters. The first-order valence-electron chi connectivity index (χ1n) is 11.8. The second-order valence-electron chi connectivity index (χ2n) is 9.44. The number of benzene rings is 2. The molecule has 0 radical (unpaired) electrons. The number of rotatable bonds is 6. The lowest BCUT2D eigenvalue weighted by Crippen LogP contribution is -2.35. The highest BCUT2D eigenvalue weighted by Crippen LogP contribution is 2.31. The Labute approximate surface area is 213 Å². The van der Waals surface area contributed by atoms with Gasteiger partial charge in [0.25, 0.3) is 5.56 Å². The van der Waals surface area contributed by atoms with Crippen LogP contribution in [0.3, 0.4) is 0 Å². The van der Waals surface area contributed by atoms with Crippen LogP contribution in [0.25, 0.3) is 27.8 Å². The number of hydrogen-bond acceptors (Lipinski definition) is 6. The number of alkyl halides is 1. The maximum Gasteiger partial charge on any atom is 0.267 e. The number of aromatic hydroxyl groups is 1. The molecule has 0 saturated carbocycles. The zero-order valence-electron chi connectivity index (χ0n) is 20.1. The number of nitrogens with zero attached hydrogens (tertiary/aromatic N) is 4. The van der Waals surface area contributed by atoms with Gasteiger partial charge in [-0.25, -0.2) is 14.4 Å². The molecule has 0 aliphatic carbocycles. The van der Waals surface area contributed by atoms with Crippen LogP contribution in [0, 0.1) is 6.92 Å². The summed E-state index contributed by atoms with van der Waals surface area (Å²) in [5.74, 6) is 0.0518. The van der Waals surface area contributed by atoms with Gasteiger partial charge in [-0.05, 0) is 61.3 Å². The van der Waals surface area contributed by atoms with E-state index >= 15 is 0 Å². The summed E-state index contributed by atoms with van der Waals surface area (Å²) in [6.45, 7) is 3.38. The second kappa shape index (κ2) is 9.97. The quantitative estimate of drug-likeness (QED) is 0.406. The lowest BCUT2D eigenvalue weighted by molar-refractivity contribution is 0.285. The highest BCUT2D eigenvalue weighted by molar-refractivity contribution is 6.31. The predicted octanol–water partition coefficient (Wildman–Crippen LogP) is 4.25. The van der Waals surface area contributed by atoms with Crippen LogP contribution in [-0.4, -0.2) is 56.9 Å². The maximum atomic E-state index is 13.8. The maximum absolute atomic E-state index is 13.8. The molecule has 1 fully saturated rings. The average molecular weight is 508 g/mol. The van der Waals surface area contributed by atoms with Crippen molar-refractivity contribution in [2.75, 3.05) is 20.1 Å². The minimum absolute atomic E-state index is 0.0389. The number of hydrogen-bond donors (Lipinski definition) is 2. The number of nitrogens with one attached hydrogen (secondary N) is 1. The predicted molar refractivity (Wildman–Crippen MR) is 140 cm³/mol. The fourth-order valence-electron chi connectivity index (χ4n) is 4.90. The van der Waals surface area contributed by atoms with Gasteiger partial charge >= 0.3 is 0 Å². The van der Waals surface area contributed by atoms with E-state index in [1.165, 1.54) is 17.0 Å². The molecule has 2 atom stereocenters. The first kappa shape index (κ1) is 24.4. The summed E-state index contributed by atoms with van der Waals surface area (Å²) < 4.78 is 15.1. The third-order valence-corrected chi connectivity index (χ3v) is 6.70. The molecular formula is C27H27ClFN5O2. The highest BCUT2D eigenvalue weighted by Gasteiger charge is 2.25. The topological polar surface area (TPSA) is 83.3 Å². The van der Waals surface area contributed by atoms with Crippen LogP contribution in [0.2, 0.25) is 5.02 Å². The van der Waals surface area contributed by atoms with E-state index in [-0.39, 0.29) is 17.4 Å². The van der Waals surface area contributed by atoms with E-state index in [0.29, 0.717) is 47.8 Å². The summed E-state index contributed by atoms with van der Waals surface area (Å²) in [6.07, 6.45) is 2.78. The molecule has 7 nitrogen and oxygen atoms in total. The van der Waals surface area contributed by atoms with Gasteiger partial charge in [-0.2, -0.15) is 0 Å². The molecule has 0 bridgehead atoms. The van der Waals surface area contributed by atoms with E-state index in [2.05, 4.69) is 20.2 Å². The van der Waals surface area contributed by atoms with E-state index in [9.17, 15) is 14.3 Å². The molecule has 0 spiro atoms. The molecule has 4 aromatic rings. The van der Waals surface area contributed by atoms with Crippen LogP contribution < -0.4 is 10.9 Å². The molecule has 0 amide bonds. The number of aryl methyl sites for hydroxylation is 1. The van der Waals surface area contributed by atoms with Crippen LogP contribution in [-0.2, 0) is 6.54 Å². The minimum Gasteiger partial charge on any atom is -0.508 e. The molecular weight excluding hydrogens is 481 g/mol. The summed E-state index contributed by atoms with van der Waals surface area (Å²) in [6, 6.07) is 12.2. The van der Waals surface area contributed by atoms with Crippen molar-refractivity contribution in [2.24, 2.45) is 0 Å². The fraction of sp³-hybridized carbons (Fsp3) is 0.296. The Bertz CT molecular complexity index is 1470. The minimum atomic E-state index is -0.839. The number of fused-ring (bicyclic) bond motifs is 1. The third kappa shape index (κ3) is 4.97. The van der Waals surface area contributed by atoms with E-state index in [4.69, 9.17) is 11.6 Å². The molecule has 2 aromatic carbocycles. The molecule has 3 heterocycles. The van der Waals surface area contributed by atoms with Crippen molar-refractivity contribution in [3.05, 3.63) is 81.5 Å². The second-order valence-corrected chi connectivity index (χ2v) is 9.88. The summed E-state index contributed by atoms with van der Waals surface area (Å²) in [7, 11) is 1.95. The Morgan fingerprint density at radius 2 is 2.08 bits per heavy atom. The lowest BCUT2D eigenvalue weighted by atomic mass is 9.97. The van der Waals surface area contributed by atoms with Crippen LogP contribution >= 0.6 is 11.6 Å². The van der Waals surface area contributed by atoms with E-state index in [0.717, 1.165) is 22.3 Å². The molecule has 36 heavy (non-hydrogen) atoms. The smallest absolute Gasteiger partial charge is 0.267 e. The Balaban J connectivity index is 1.67. The monoisotopic (exact) mass is 507 g/mol. The summed E-state index contributed by atoms with van der Waals surface area (Å²) >= 11 is 6.38. The van der Waals surface area contributed by atoms with E-state index < -0.39 is 6.17 Å². The molecule has 9 heteroatoms. The number of halogens is 2. The molecule has 2 N–H and O–H groups in total. The van der Waals surface area contributed by atoms with Crippen molar-refractivity contribution in [3.8, 4) is 22.6 Å². The van der Waals surface area contributed by atoms with Crippen molar-refractivity contribution in [3.63, 3.8) is 0 Å². The van der Waals surface area contributed by atoms with Crippen molar-refractivity contribution < 1.29 is 9.50 Å². The van der Waals surface area contributed by atoms with Gasteiger partial charge in [0.05, 0.1) is 11.1 Å². The van der Waals surface area contributed by atoms with Gasteiger partial charge in [-0.15, -0.1) is 0 Å². The SMILES string of the molecule is Cc1cc(Cl)cc(-c2cnc3ncn(-c4cccc(O)c4)c(=O)c3c2CN(C)C[C@@H]2CC(F)CN2)c1. The van der Waals surface area contributed by atoms with Crippen molar-refractivity contribution >= 4 is 22.6 Å². The Kier molecular flexibility index (Phi) is 6.75. The van der Waals surface area contributed by atoms with Crippen LogP contribution in [0.5, 0.6) is 5.75 Å². The van der Waals surface area contributed by atoms with Gasteiger partial charge < -0.3 is 15.3 Å².